The fourth-order valence-electron chi connectivity index (χ4n) is 7.75. The minimum atomic E-state index is -10.7. The van der Waals surface area contributed by atoms with Crippen LogP contribution in [0.1, 0.15) is 79.7 Å². The molecule has 26 heteroatoms. The third-order valence-corrected chi connectivity index (χ3v) is 11.3. The van der Waals surface area contributed by atoms with Crippen LogP contribution in [-0.4, -0.2) is 154 Å². The molecule has 454 valence electrons. The van der Waals surface area contributed by atoms with E-state index in [4.69, 9.17) is 71.1 Å². The van der Waals surface area contributed by atoms with E-state index in [1.807, 2.05) is 48.5 Å². The van der Waals surface area contributed by atoms with Crippen molar-refractivity contribution in [1.82, 2.24) is 0 Å². The third-order valence-electron chi connectivity index (χ3n) is 11.3. The second-order valence-corrected chi connectivity index (χ2v) is 21.3. The topological polar surface area (TPSA) is 206 Å². The van der Waals surface area contributed by atoms with Crippen LogP contribution in [0.4, 0.5) is 30.9 Å². The number of carbonyl (C=O) groups is 3. The van der Waals surface area contributed by atoms with Crippen molar-refractivity contribution < 1.29 is 116 Å². The molecule has 0 radical (unpaired) electrons. The summed E-state index contributed by atoms with van der Waals surface area (Å²) in [5, 5.41) is 2.27. The molecule has 3 aromatic rings. The predicted octanol–water partition coefficient (Wildman–Crippen LogP) is 9.36. The van der Waals surface area contributed by atoms with Crippen molar-refractivity contribution in [2.75, 3.05) is 99.0 Å². The molecule has 3 aliphatic rings. The van der Waals surface area contributed by atoms with E-state index < -0.39 is 62.4 Å². The zero-order valence-electron chi connectivity index (χ0n) is 46.4. The molecule has 3 aromatic carbocycles. The van der Waals surface area contributed by atoms with Gasteiger partial charge in [-0.3, -0.25) is 19.1 Å². The van der Waals surface area contributed by atoms with Crippen LogP contribution in [0.25, 0.3) is 0 Å². The van der Waals surface area contributed by atoms with Gasteiger partial charge in [-0.1, -0.05) is 63.6 Å². The van der Waals surface area contributed by atoms with Crippen molar-refractivity contribution >= 4 is 31.4 Å². The summed E-state index contributed by atoms with van der Waals surface area (Å²) in [5.41, 5.74) is 2.73. The van der Waals surface area contributed by atoms with Crippen molar-refractivity contribution in [2.45, 2.75) is 116 Å². The summed E-state index contributed by atoms with van der Waals surface area (Å²) in [4.78, 5) is 35.1. The molecule has 0 spiro atoms. The number of rotatable bonds is 13. The van der Waals surface area contributed by atoms with Gasteiger partial charge in [0.2, 0.25) is 0 Å². The maximum Gasteiger partial charge on any atom is 0.161 e. The Kier molecular flexibility index (Phi) is 26.9. The fourth-order valence-corrected chi connectivity index (χ4v) is 7.75. The van der Waals surface area contributed by atoms with E-state index in [9.17, 15) is 39.6 Å². The molecule has 0 saturated carbocycles. The van der Waals surface area contributed by atoms with Gasteiger partial charge in [0.1, 0.15) is 44.8 Å². The summed E-state index contributed by atoms with van der Waals surface area (Å²) in [6.45, 7) is 18.6. The first-order valence-corrected chi connectivity index (χ1v) is 28.3. The maximum absolute atomic E-state index is 11.9. The molecule has 19 nitrogen and oxygen atoms in total. The Balaban J connectivity index is 0.000000314. The van der Waals surface area contributed by atoms with Gasteiger partial charge in [-0.25, -0.2) is 0 Å². The molecular formula is C54H78F6NO18P. The van der Waals surface area contributed by atoms with Gasteiger partial charge in [0.15, 0.2) is 47.6 Å². The SMILES string of the molecule is CC(=O)OC[C@H]1O[C@H]2O[C@@](C)(OCCCCCC[NH2+]c3ccc(C(C)(C)C)cc3)O[C@H]2[C@@H](OC(C)=O)[C@@H]1OC(C)=O.F[P-](F)(F)(F)(F)F.c1ccc2c(c1)OCCOCCOCCOc1ccccc1OCCOCCOCCO2. The first kappa shape index (κ1) is 67.4. The van der Waals surface area contributed by atoms with Gasteiger partial charge in [0.05, 0.1) is 66.0 Å². The molecule has 2 fully saturated rings. The maximum atomic E-state index is 11.9. The number of ether oxygens (including phenoxy) is 15. The predicted molar refractivity (Wildman–Crippen MR) is 278 cm³/mol. The molecule has 3 heterocycles. The van der Waals surface area contributed by atoms with E-state index >= 15 is 0 Å². The third kappa shape index (κ3) is 29.1. The standard InChI is InChI=1S/C30H45NO10.C24H32O8.F6P/c1-19(32)35-18-24-25(37-20(2)33)26(38-21(3)34)27-28(39-24)41-30(7,40-27)36-17-11-9-8-10-16-31-23-14-12-22(13-15-23)29(4,5)6;1-2-6-22-21(5-1)29-17-13-25-9-10-27-15-19-31-23-7-3-4-8-24(23)32-20-16-28-12-11-26-14-18-30-22;1-7(2,3,4,5)6/h12-15,24-28,31H,8-11,16-18H2,1-7H3;1-8H,9-20H2;/q;;-1/p+1/t24-,25-,26+,27+,28+,30+;;/m1../s1. The van der Waals surface area contributed by atoms with Gasteiger partial charge in [0, 0.05) is 27.7 Å². The number of benzene rings is 3. The van der Waals surface area contributed by atoms with Crippen molar-refractivity contribution in [3.05, 3.63) is 78.4 Å². The number of unbranched alkanes of at least 4 members (excludes halogenated alkanes) is 3. The molecule has 0 aromatic heterocycles. The van der Waals surface area contributed by atoms with Crippen LogP contribution in [0.3, 0.4) is 0 Å². The van der Waals surface area contributed by atoms with E-state index in [1.54, 1.807) is 6.92 Å². The van der Waals surface area contributed by atoms with Crippen LogP contribution in [0.15, 0.2) is 72.8 Å². The zero-order chi connectivity index (χ0) is 58.7. The summed E-state index contributed by atoms with van der Waals surface area (Å²) in [6, 6.07) is 23.9. The Bertz CT molecular complexity index is 2180. The summed E-state index contributed by atoms with van der Waals surface area (Å²) in [6.07, 6.45) is -1.06. The number of halogens is 6. The number of nitrogens with two attached hydrogens (primary N) is 1. The molecule has 2 N–H and O–H groups in total. The molecule has 0 amide bonds. The van der Waals surface area contributed by atoms with Crippen LogP contribution in [0.2, 0.25) is 0 Å². The van der Waals surface area contributed by atoms with Gasteiger partial charge in [-0.05, 0) is 66.6 Å². The summed E-state index contributed by atoms with van der Waals surface area (Å²) in [7, 11) is -10.7. The van der Waals surface area contributed by atoms with Crippen LogP contribution in [0.5, 0.6) is 23.0 Å². The van der Waals surface area contributed by atoms with Gasteiger partial charge >= 0.3 is 50.9 Å². The van der Waals surface area contributed by atoms with Crippen LogP contribution in [0, 0.1) is 0 Å². The van der Waals surface area contributed by atoms with E-state index in [1.165, 1.54) is 32.0 Å². The normalized spacial score (nSPS) is 23.5. The second kappa shape index (κ2) is 31.9. The van der Waals surface area contributed by atoms with Crippen LogP contribution < -0.4 is 24.3 Å². The number of carbonyl (C=O) groups excluding carboxylic acids is 3. The average molecular weight is 1170 g/mol. The first-order valence-electron chi connectivity index (χ1n) is 26.3. The molecule has 6 rings (SSSR count). The van der Waals surface area contributed by atoms with E-state index in [2.05, 4.69) is 50.4 Å². The second-order valence-electron chi connectivity index (χ2n) is 19.4. The molecule has 0 bridgehead atoms. The Labute approximate surface area is 462 Å². The average Bonchev–Trinajstić information content (AvgIpc) is 3.71. The van der Waals surface area contributed by atoms with Crippen LogP contribution in [-0.2, 0) is 71.9 Å². The minimum Gasteiger partial charge on any atom is -0.487 e. The van der Waals surface area contributed by atoms with Crippen LogP contribution >= 0.6 is 7.81 Å². The van der Waals surface area contributed by atoms with E-state index in [0.717, 1.165) is 32.2 Å². The van der Waals surface area contributed by atoms with Gasteiger partial charge < -0.3 is 71.6 Å². The molecule has 80 heavy (non-hydrogen) atoms. The molecule has 0 unspecified atom stereocenters. The summed E-state index contributed by atoms with van der Waals surface area (Å²) < 4.78 is 144. The molecule has 2 saturated heterocycles. The smallest absolute Gasteiger partial charge is 0.161 e. The molecule has 6 atom stereocenters. The van der Waals surface area contributed by atoms with Gasteiger partial charge in [0.25, 0.3) is 5.97 Å². The van der Waals surface area contributed by atoms with E-state index in [0.29, 0.717) is 109 Å². The largest absolute Gasteiger partial charge is 0.487 e. The Hall–Kier alpha value is -5.08. The zero-order valence-corrected chi connectivity index (χ0v) is 47.3. The number of hydrogen-bond donors (Lipinski definition) is 1. The number of para-hydroxylation sites is 4. The molecule has 0 aliphatic carbocycles. The summed E-state index contributed by atoms with van der Waals surface area (Å²) >= 11 is 0. The Morgan fingerprint density at radius 1 is 0.575 bits per heavy atom. The molecular weight excluding hydrogens is 1100 g/mol. The number of quaternary nitrogens is 1. The Morgan fingerprint density at radius 2 is 0.988 bits per heavy atom. The summed E-state index contributed by atoms with van der Waals surface area (Å²) in [5.74, 6) is -0.481. The number of fused-ring (bicyclic) bond motifs is 3. The van der Waals surface area contributed by atoms with E-state index in [-0.39, 0.29) is 12.0 Å². The van der Waals surface area contributed by atoms with Gasteiger partial charge in [-0.2, -0.15) is 0 Å². The van der Waals surface area contributed by atoms with Gasteiger partial charge in [-0.15, -0.1) is 0 Å². The fraction of sp³-hybridized carbons (Fsp3) is 0.611. The number of hydrogen-bond acceptors (Lipinski definition) is 18. The molecule has 3 aliphatic heterocycles. The first-order chi connectivity index (χ1) is 37.7. The van der Waals surface area contributed by atoms with Crippen molar-refractivity contribution in [3.8, 4) is 23.0 Å². The van der Waals surface area contributed by atoms with Crippen molar-refractivity contribution in [2.24, 2.45) is 0 Å². The minimum absolute atomic E-state index is 0.154. The van der Waals surface area contributed by atoms with Crippen molar-refractivity contribution in [3.63, 3.8) is 0 Å². The number of esters is 3. The quantitative estimate of drug-likeness (QED) is 0.0422. The monoisotopic (exact) mass is 1170 g/mol. The van der Waals surface area contributed by atoms with Crippen molar-refractivity contribution in [1.29, 1.82) is 0 Å². The Morgan fingerprint density at radius 3 is 1.40 bits per heavy atom.